The summed E-state index contributed by atoms with van der Waals surface area (Å²) >= 11 is 0. The van der Waals surface area contributed by atoms with Crippen LogP contribution in [0.15, 0.2) is 34.7 Å². The van der Waals surface area contributed by atoms with E-state index in [0.29, 0.717) is 23.6 Å². The molecule has 7 nitrogen and oxygen atoms in total. The van der Waals surface area contributed by atoms with E-state index in [0.717, 1.165) is 0 Å². The first-order valence-corrected chi connectivity index (χ1v) is 6.17. The molecule has 1 aromatic carbocycles. The van der Waals surface area contributed by atoms with Gasteiger partial charge in [-0.25, -0.2) is 4.79 Å². The van der Waals surface area contributed by atoms with Crippen molar-refractivity contribution in [2.24, 2.45) is 0 Å². The number of nitro groups is 1. The number of carbonyl (C=O) groups is 1. The minimum absolute atomic E-state index is 0.0506. The van der Waals surface area contributed by atoms with Crippen LogP contribution >= 0.6 is 0 Å². The number of rotatable bonds is 5. The zero-order chi connectivity index (χ0) is 15.4. The Morgan fingerprint density at radius 3 is 2.81 bits per heavy atom. The van der Waals surface area contributed by atoms with Crippen molar-refractivity contribution in [2.45, 2.75) is 13.5 Å². The molecule has 0 radical (unpaired) electrons. The van der Waals surface area contributed by atoms with Crippen LogP contribution in [0.5, 0.6) is 0 Å². The van der Waals surface area contributed by atoms with Crippen molar-refractivity contribution in [2.75, 3.05) is 12.4 Å². The number of furan rings is 1. The van der Waals surface area contributed by atoms with Crippen LogP contribution in [-0.2, 0) is 11.3 Å². The van der Waals surface area contributed by atoms with Gasteiger partial charge in [0.25, 0.3) is 5.69 Å². The van der Waals surface area contributed by atoms with E-state index in [2.05, 4.69) is 10.1 Å². The largest absolute Gasteiger partial charge is 0.463 e. The van der Waals surface area contributed by atoms with Gasteiger partial charge in [0.05, 0.1) is 18.6 Å². The van der Waals surface area contributed by atoms with Crippen molar-refractivity contribution in [3.05, 3.63) is 57.5 Å². The number of hydrogen-bond donors (Lipinski definition) is 1. The van der Waals surface area contributed by atoms with Crippen LogP contribution in [0, 0.1) is 17.0 Å². The number of methoxy groups -OCH3 is 1. The Kier molecular flexibility index (Phi) is 4.22. The average Bonchev–Trinajstić information content (AvgIpc) is 2.94. The number of nitrogens with zero attached hydrogens (tertiary/aromatic N) is 1. The van der Waals surface area contributed by atoms with Gasteiger partial charge < -0.3 is 14.5 Å². The highest BCUT2D eigenvalue weighted by molar-refractivity contribution is 5.86. The molecule has 0 bridgehead atoms. The number of nitro benzene ring substituents is 1. The predicted octanol–water partition coefficient (Wildman–Crippen LogP) is 2.89. The molecule has 1 aromatic heterocycles. The SMILES string of the molecule is COC(=O)c1ccc(CNc2ccc(C)c([N+](=O)[O-])c2)o1. The van der Waals surface area contributed by atoms with E-state index in [4.69, 9.17) is 4.42 Å². The first-order valence-electron chi connectivity index (χ1n) is 6.17. The maximum absolute atomic E-state index is 11.2. The molecular formula is C14H14N2O5. The Hall–Kier alpha value is -2.83. The normalized spacial score (nSPS) is 10.2. The van der Waals surface area contributed by atoms with E-state index in [-0.39, 0.29) is 11.4 Å². The lowest BCUT2D eigenvalue weighted by atomic mass is 10.2. The summed E-state index contributed by atoms with van der Waals surface area (Å²) in [5.41, 5.74) is 1.24. The highest BCUT2D eigenvalue weighted by Crippen LogP contribution is 2.22. The van der Waals surface area contributed by atoms with Crippen molar-refractivity contribution >= 4 is 17.3 Å². The van der Waals surface area contributed by atoms with Crippen LogP contribution in [0.2, 0.25) is 0 Å². The lowest BCUT2D eigenvalue weighted by molar-refractivity contribution is -0.385. The van der Waals surface area contributed by atoms with E-state index in [1.165, 1.54) is 19.2 Å². The van der Waals surface area contributed by atoms with Crippen LogP contribution in [0.3, 0.4) is 0 Å². The van der Waals surface area contributed by atoms with E-state index in [1.807, 2.05) is 0 Å². The highest BCUT2D eigenvalue weighted by Gasteiger charge is 2.13. The van der Waals surface area contributed by atoms with Crippen LogP contribution in [0.25, 0.3) is 0 Å². The number of esters is 1. The molecule has 0 fully saturated rings. The third-order valence-corrected chi connectivity index (χ3v) is 2.92. The summed E-state index contributed by atoms with van der Waals surface area (Å²) in [6.07, 6.45) is 0. The molecule has 0 amide bonds. The summed E-state index contributed by atoms with van der Waals surface area (Å²) in [7, 11) is 1.27. The summed E-state index contributed by atoms with van der Waals surface area (Å²) in [4.78, 5) is 21.7. The number of carbonyl (C=O) groups excluding carboxylic acids is 1. The standard InChI is InChI=1S/C14H14N2O5/c1-9-3-4-10(7-12(9)16(18)19)15-8-11-5-6-13(21-11)14(17)20-2/h3-7,15H,8H2,1-2H3. The minimum atomic E-state index is -0.549. The van der Waals surface area contributed by atoms with Gasteiger partial charge in [0, 0.05) is 17.3 Å². The fourth-order valence-electron chi connectivity index (χ4n) is 1.79. The van der Waals surface area contributed by atoms with E-state index < -0.39 is 10.9 Å². The number of hydrogen-bond acceptors (Lipinski definition) is 6. The van der Waals surface area contributed by atoms with Crippen molar-refractivity contribution < 1.29 is 18.9 Å². The monoisotopic (exact) mass is 290 g/mol. The molecule has 2 rings (SSSR count). The summed E-state index contributed by atoms with van der Waals surface area (Å²) in [6.45, 7) is 1.98. The summed E-state index contributed by atoms with van der Waals surface area (Å²) < 4.78 is 9.83. The van der Waals surface area contributed by atoms with Gasteiger partial charge in [-0.2, -0.15) is 0 Å². The highest BCUT2D eigenvalue weighted by atomic mass is 16.6. The molecule has 21 heavy (non-hydrogen) atoms. The maximum Gasteiger partial charge on any atom is 0.373 e. The zero-order valence-electron chi connectivity index (χ0n) is 11.6. The number of benzene rings is 1. The lowest BCUT2D eigenvalue weighted by Crippen LogP contribution is -2.01. The molecule has 1 N–H and O–H groups in total. The molecule has 0 aliphatic heterocycles. The Bertz CT molecular complexity index is 678. The molecule has 0 saturated heterocycles. The van der Waals surface area contributed by atoms with Gasteiger partial charge in [-0.15, -0.1) is 0 Å². The van der Waals surface area contributed by atoms with Gasteiger partial charge >= 0.3 is 5.97 Å². The van der Waals surface area contributed by atoms with Gasteiger partial charge in [-0.3, -0.25) is 10.1 Å². The molecule has 0 aliphatic carbocycles. The average molecular weight is 290 g/mol. The second-order valence-electron chi connectivity index (χ2n) is 4.37. The van der Waals surface area contributed by atoms with Gasteiger partial charge in [0.1, 0.15) is 5.76 Å². The zero-order valence-corrected chi connectivity index (χ0v) is 11.6. The molecule has 110 valence electrons. The minimum Gasteiger partial charge on any atom is -0.463 e. The summed E-state index contributed by atoms with van der Waals surface area (Å²) in [6, 6.07) is 8.02. The third-order valence-electron chi connectivity index (χ3n) is 2.92. The molecular weight excluding hydrogens is 276 g/mol. The first-order chi connectivity index (χ1) is 10.0. The van der Waals surface area contributed by atoms with E-state index in [1.54, 1.807) is 25.1 Å². The Morgan fingerprint density at radius 2 is 2.14 bits per heavy atom. The Balaban J connectivity index is 2.06. The van der Waals surface area contributed by atoms with Crippen LogP contribution in [0.1, 0.15) is 21.9 Å². The summed E-state index contributed by atoms with van der Waals surface area (Å²) in [5.74, 6) is 0.0926. The van der Waals surface area contributed by atoms with E-state index >= 15 is 0 Å². The fraction of sp³-hybridized carbons (Fsp3) is 0.214. The van der Waals surface area contributed by atoms with Gasteiger partial charge in [-0.05, 0) is 25.1 Å². The van der Waals surface area contributed by atoms with E-state index in [9.17, 15) is 14.9 Å². The molecule has 1 heterocycles. The van der Waals surface area contributed by atoms with Crippen LogP contribution < -0.4 is 5.32 Å². The third kappa shape index (κ3) is 3.38. The first kappa shape index (κ1) is 14.6. The Labute approximate surface area is 120 Å². The molecule has 7 heteroatoms. The second-order valence-corrected chi connectivity index (χ2v) is 4.37. The molecule has 0 saturated carbocycles. The van der Waals surface area contributed by atoms with Crippen molar-refractivity contribution in [3.8, 4) is 0 Å². The van der Waals surface area contributed by atoms with Crippen LogP contribution in [0.4, 0.5) is 11.4 Å². The van der Waals surface area contributed by atoms with Crippen molar-refractivity contribution in [3.63, 3.8) is 0 Å². The fourth-order valence-corrected chi connectivity index (χ4v) is 1.79. The quantitative estimate of drug-likeness (QED) is 0.517. The molecule has 2 aromatic rings. The van der Waals surface area contributed by atoms with Gasteiger partial charge in [0.2, 0.25) is 5.76 Å². The number of aryl methyl sites for hydroxylation is 1. The van der Waals surface area contributed by atoms with Crippen LogP contribution in [-0.4, -0.2) is 18.0 Å². The topological polar surface area (TPSA) is 94.6 Å². The Morgan fingerprint density at radius 1 is 1.38 bits per heavy atom. The van der Waals surface area contributed by atoms with Crippen molar-refractivity contribution in [1.82, 2.24) is 0 Å². The second kappa shape index (κ2) is 6.08. The molecule has 0 atom stereocenters. The predicted molar refractivity (Wildman–Crippen MR) is 75.2 cm³/mol. The summed E-state index contributed by atoms with van der Waals surface area (Å²) in [5, 5.41) is 13.9. The molecule has 0 aliphatic rings. The van der Waals surface area contributed by atoms with Gasteiger partial charge in [0.15, 0.2) is 0 Å². The number of anilines is 1. The van der Waals surface area contributed by atoms with Gasteiger partial charge in [-0.1, -0.05) is 6.07 Å². The maximum atomic E-state index is 11.2. The molecule has 0 spiro atoms. The molecule has 0 unspecified atom stereocenters. The number of ether oxygens (including phenoxy) is 1. The lowest BCUT2D eigenvalue weighted by Gasteiger charge is -2.05. The van der Waals surface area contributed by atoms with Crippen molar-refractivity contribution in [1.29, 1.82) is 0 Å². The number of nitrogens with one attached hydrogen (secondary N) is 1. The smallest absolute Gasteiger partial charge is 0.373 e.